The second-order valence-corrected chi connectivity index (χ2v) is 8.03. The molecule has 0 atom stereocenters. The lowest BCUT2D eigenvalue weighted by Crippen LogP contribution is -2.28. The van der Waals surface area contributed by atoms with Crippen molar-refractivity contribution in [1.29, 1.82) is 0 Å². The molecule has 160 valence electrons. The van der Waals surface area contributed by atoms with Crippen LogP contribution in [0.5, 0.6) is 0 Å². The van der Waals surface area contributed by atoms with Gasteiger partial charge in [-0.15, -0.1) is 0 Å². The maximum absolute atomic E-state index is 12.7. The average molecular weight is 425 g/mol. The maximum Gasteiger partial charge on any atom is 0.253 e. The molecule has 1 N–H and O–H groups in total. The van der Waals surface area contributed by atoms with Crippen LogP contribution in [0.4, 0.5) is 0 Å². The lowest BCUT2D eigenvalue weighted by Gasteiger charge is -2.15. The Morgan fingerprint density at radius 1 is 0.875 bits per heavy atom. The molecule has 2 amide bonds. The number of para-hydroxylation sites is 2. The first-order valence-corrected chi connectivity index (χ1v) is 10.9. The number of nitrogens with one attached hydrogen (secondary N) is 1. The van der Waals surface area contributed by atoms with Gasteiger partial charge in [0.25, 0.3) is 11.8 Å². The molecule has 1 fully saturated rings. The predicted molar refractivity (Wildman–Crippen MR) is 124 cm³/mol. The summed E-state index contributed by atoms with van der Waals surface area (Å²) in [4.78, 5) is 31.6. The van der Waals surface area contributed by atoms with Crippen molar-refractivity contribution in [3.8, 4) is 5.69 Å². The van der Waals surface area contributed by atoms with Crippen LogP contribution in [-0.2, 0) is 6.54 Å². The summed E-state index contributed by atoms with van der Waals surface area (Å²) in [5.41, 5.74) is 5.07. The summed E-state index contributed by atoms with van der Waals surface area (Å²) in [6.45, 7) is 2.02. The molecule has 5 rings (SSSR count). The van der Waals surface area contributed by atoms with Crippen LogP contribution in [0, 0.1) is 0 Å². The van der Waals surface area contributed by atoms with Crippen LogP contribution in [0.3, 0.4) is 0 Å². The first-order chi connectivity index (χ1) is 15.7. The van der Waals surface area contributed by atoms with E-state index in [-0.39, 0.29) is 11.8 Å². The third-order valence-corrected chi connectivity index (χ3v) is 5.88. The van der Waals surface area contributed by atoms with E-state index in [0.29, 0.717) is 17.7 Å². The van der Waals surface area contributed by atoms with Crippen molar-refractivity contribution in [1.82, 2.24) is 19.8 Å². The van der Waals surface area contributed by atoms with Gasteiger partial charge in [-0.2, -0.15) is 0 Å². The molecule has 3 aromatic carbocycles. The van der Waals surface area contributed by atoms with Crippen molar-refractivity contribution in [2.75, 3.05) is 13.1 Å². The van der Waals surface area contributed by atoms with Crippen LogP contribution in [0.25, 0.3) is 16.7 Å². The molecular weight excluding hydrogens is 400 g/mol. The molecule has 4 aromatic rings. The largest absolute Gasteiger partial charge is 0.348 e. The zero-order valence-electron chi connectivity index (χ0n) is 17.7. The lowest BCUT2D eigenvalue weighted by molar-refractivity contribution is 0.0792. The zero-order chi connectivity index (χ0) is 21.9. The Morgan fingerprint density at radius 2 is 1.66 bits per heavy atom. The van der Waals surface area contributed by atoms with Crippen LogP contribution < -0.4 is 5.32 Å². The van der Waals surface area contributed by atoms with Gasteiger partial charge in [0.1, 0.15) is 6.33 Å². The molecule has 0 spiro atoms. The number of amides is 2. The summed E-state index contributed by atoms with van der Waals surface area (Å²) in [5.74, 6) is -0.0818. The Kier molecular flexibility index (Phi) is 5.42. The Hall–Kier alpha value is -3.93. The van der Waals surface area contributed by atoms with E-state index in [2.05, 4.69) is 10.3 Å². The molecule has 6 heteroatoms. The quantitative estimate of drug-likeness (QED) is 0.522. The number of benzene rings is 3. The van der Waals surface area contributed by atoms with Crippen LogP contribution in [-0.4, -0.2) is 39.4 Å². The summed E-state index contributed by atoms with van der Waals surface area (Å²) in [7, 11) is 0. The smallest absolute Gasteiger partial charge is 0.253 e. The number of carbonyl (C=O) groups excluding carboxylic acids is 2. The second-order valence-electron chi connectivity index (χ2n) is 8.03. The molecule has 1 saturated heterocycles. The molecule has 0 unspecified atom stereocenters. The fourth-order valence-electron chi connectivity index (χ4n) is 4.14. The number of nitrogens with zero attached hydrogens (tertiary/aromatic N) is 3. The van der Waals surface area contributed by atoms with Gasteiger partial charge in [0.05, 0.1) is 11.0 Å². The summed E-state index contributed by atoms with van der Waals surface area (Å²) >= 11 is 0. The number of aromatic nitrogens is 2. The fraction of sp³-hybridized carbons (Fsp3) is 0.192. The van der Waals surface area contributed by atoms with Crippen molar-refractivity contribution in [3.63, 3.8) is 0 Å². The van der Waals surface area contributed by atoms with E-state index in [4.69, 9.17) is 0 Å². The van der Waals surface area contributed by atoms with Gasteiger partial charge in [-0.25, -0.2) is 4.98 Å². The molecule has 1 aromatic heterocycles. The fourth-order valence-corrected chi connectivity index (χ4v) is 4.14. The molecule has 0 saturated carbocycles. The Labute approximate surface area is 186 Å². The van der Waals surface area contributed by atoms with E-state index in [9.17, 15) is 9.59 Å². The summed E-state index contributed by atoms with van der Waals surface area (Å²) in [5, 5.41) is 2.95. The number of fused-ring (bicyclic) bond motifs is 1. The highest BCUT2D eigenvalue weighted by Gasteiger charge is 2.19. The Bertz CT molecular complexity index is 1270. The first-order valence-electron chi connectivity index (χ1n) is 10.9. The van der Waals surface area contributed by atoms with E-state index in [0.717, 1.165) is 48.2 Å². The van der Waals surface area contributed by atoms with Crippen molar-refractivity contribution in [2.24, 2.45) is 0 Å². The molecule has 32 heavy (non-hydrogen) atoms. The SMILES string of the molecule is O=C(NCc1cccc(C(=O)N2CCCC2)c1)c1ccc(-n2cnc3ccccc32)cc1. The number of rotatable bonds is 5. The number of hydrogen-bond acceptors (Lipinski definition) is 3. The Balaban J connectivity index is 1.25. The highest BCUT2D eigenvalue weighted by atomic mass is 16.2. The van der Waals surface area contributed by atoms with Crippen molar-refractivity contribution in [3.05, 3.63) is 95.8 Å². The van der Waals surface area contributed by atoms with Gasteiger partial charge < -0.3 is 10.2 Å². The van der Waals surface area contributed by atoms with Gasteiger partial charge in [-0.3, -0.25) is 14.2 Å². The molecule has 0 aliphatic carbocycles. The Morgan fingerprint density at radius 3 is 2.47 bits per heavy atom. The monoisotopic (exact) mass is 424 g/mol. The molecule has 0 radical (unpaired) electrons. The topological polar surface area (TPSA) is 67.2 Å². The van der Waals surface area contributed by atoms with Crippen molar-refractivity contribution >= 4 is 22.8 Å². The number of carbonyl (C=O) groups is 2. The van der Waals surface area contributed by atoms with E-state index in [1.165, 1.54) is 0 Å². The van der Waals surface area contributed by atoms with Gasteiger partial charge in [0, 0.05) is 36.4 Å². The standard InChI is InChI=1S/C26H24N4O2/c31-25(27-17-19-6-5-7-21(16-19)26(32)29-14-3-4-15-29)20-10-12-22(13-11-20)30-18-28-23-8-1-2-9-24(23)30/h1-2,5-13,16,18H,3-4,14-15,17H2,(H,27,31). The number of hydrogen-bond donors (Lipinski definition) is 1. The number of likely N-dealkylation sites (tertiary alicyclic amines) is 1. The van der Waals surface area contributed by atoms with E-state index >= 15 is 0 Å². The number of imidazole rings is 1. The minimum absolute atomic E-state index is 0.0679. The van der Waals surface area contributed by atoms with Gasteiger partial charge in [-0.1, -0.05) is 24.3 Å². The van der Waals surface area contributed by atoms with Crippen molar-refractivity contribution in [2.45, 2.75) is 19.4 Å². The van der Waals surface area contributed by atoms with Crippen LogP contribution >= 0.6 is 0 Å². The van der Waals surface area contributed by atoms with E-state index in [1.54, 1.807) is 6.33 Å². The highest BCUT2D eigenvalue weighted by Crippen LogP contribution is 2.18. The summed E-state index contributed by atoms with van der Waals surface area (Å²) in [6.07, 6.45) is 3.92. The minimum atomic E-state index is -0.150. The van der Waals surface area contributed by atoms with E-state index < -0.39 is 0 Å². The van der Waals surface area contributed by atoms with Gasteiger partial charge in [0.2, 0.25) is 0 Å². The maximum atomic E-state index is 12.7. The normalized spacial score (nSPS) is 13.4. The molecule has 1 aliphatic heterocycles. The second kappa shape index (κ2) is 8.67. The summed E-state index contributed by atoms with van der Waals surface area (Å²) in [6, 6.07) is 22.9. The molecule has 6 nitrogen and oxygen atoms in total. The first kappa shape index (κ1) is 20.0. The van der Waals surface area contributed by atoms with Gasteiger partial charge >= 0.3 is 0 Å². The van der Waals surface area contributed by atoms with Gasteiger partial charge in [0.15, 0.2) is 0 Å². The molecule has 2 heterocycles. The molecule has 0 bridgehead atoms. The highest BCUT2D eigenvalue weighted by molar-refractivity contribution is 5.95. The van der Waals surface area contributed by atoms with Crippen LogP contribution in [0.1, 0.15) is 39.1 Å². The van der Waals surface area contributed by atoms with E-state index in [1.807, 2.05) is 82.3 Å². The van der Waals surface area contributed by atoms with Crippen LogP contribution in [0.15, 0.2) is 79.1 Å². The van der Waals surface area contributed by atoms with Crippen molar-refractivity contribution < 1.29 is 9.59 Å². The third-order valence-electron chi connectivity index (χ3n) is 5.88. The summed E-state index contributed by atoms with van der Waals surface area (Å²) < 4.78 is 2.00. The predicted octanol–water partition coefficient (Wildman–Crippen LogP) is 4.19. The molecular formula is C26H24N4O2. The minimum Gasteiger partial charge on any atom is -0.348 e. The lowest BCUT2D eigenvalue weighted by atomic mass is 10.1. The third kappa shape index (κ3) is 3.99. The molecule has 1 aliphatic rings. The van der Waals surface area contributed by atoms with Crippen LogP contribution in [0.2, 0.25) is 0 Å². The average Bonchev–Trinajstić information content (AvgIpc) is 3.53. The van der Waals surface area contributed by atoms with Gasteiger partial charge in [-0.05, 0) is 66.9 Å². The zero-order valence-corrected chi connectivity index (χ0v) is 17.7.